The van der Waals surface area contributed by atoms with Crippen LogP contribution in [0.25, 0.3) is 0 Å². The van der Waals surface area contributed by atoms with Gasteiger partial charge in [-0.1, -0.05) is 6.42 Å². The molecule has 2 aliphatic rings. The monoisotopic (exact) mass is 196 g/mol. The van der Waals surface area contributed by atoms with Crippen molar-refractivity contribution in [1.29, 1.82) is 0 Å². The SMILES string of the molecule is CCOC1=CC(=O)OC12CCCCC2. The van der Waals surface area contributed by atoms with Crippen LogP contribution in [0.15, 0.2) is 11.8 Å². The summed E-state index contributed by atoms with van der Waals surface area (Å²) in [7, 11) is 0. The van der Waals surface area contributed by atoms with E-state index in [9.17, 15) is 4.79 Å². The molecule has 0 aromatic rings. The number of ether oxygens (including phenoxy) is 2. The molecule has 2 rings (SSSR count). The first-order valence-corrected chi connectivity index (χ1v) is 5.35. The van der Waals surface area contributed by atoms with E-state index < -0.39 is 5.60 Å². The highest BCUT2D eigenvalue weighted by Crippen LogP contribution is 2.41. The van der Waals surface area contributed by atoms with Crippen molar-refractivity contribution in [1.82, 2.24) is 0 Å². The zero-order valence-electron chi connectivity index (χ0n) is 8.54. The van der Waals surface area contributed by atoms with Gasteiger partial charge in [0.2, 0.25) is 0 Å². The van der Waals surface area contributed by atoms with E-state index in [0.717, 1.165) is 31.4 Å². The van der Waals surface area contributed by atoms with Crippen LogP contribution in [0.5, 0.6) is 0 Å². The lowest BCUT2D eigenvalue weighted by atomic mass is 9.84. The number of esters is 1. The van der Waals surface area contributed by atoms with Crippen molar-refractivity contribution in [3.05, 3.63) is 11.8 Å². The van der Waals surface area contributed by atoms with Crippen LogP contribution in [0.1, 0.15) is 39.0 Å². The van der Waals surface area contributed by atoms with Gasteiger partial charge in [-0.2, -0.15) is 0 Å². The number of carbonyl (C=O) groups is 1. The maximum absolute atomic E-state index is 11.2. The molecule has 0 aromatic heterocycles. The van der Waals surface area contributed by atoms with E-state index in [1.807, 2.05) is 6.92 Å². The van der Waals surface area contributed by atoms with E-state index in [4.69, 9.17) is 9.47 Å². The van der Waals surface area contributed by atoms with Crippen LogP contribution < -0.4 is 0 Å². The Labute approximate surface area is 84.1 Å². The Hall–Kier alpha value is -0.990. The Morgan fingerprint density at radius 1 is 1.43 bits per heavy atom. The second kappa shape index (κ2) is 3.64. The minimum absolute atomic E-state index is 0.240. The molecule has 0 aromatic carbocycles. The Balaban J connectivity index is 2.17. The minimum Gasteiger partial charge on any atom is -0.494 e. The first kappa shape index (κ1) is 9.56. The fourth-order valence-corrected chi connectivity index (χ4v) is 2.31. The molecule has 1 aliphatic carbocycles. The molecule has 1 spiro atoms. The van der Waals surface area contributed by atoms with Gasteiger partial charge in [-0.05, 0) is 32.6 Å². The smallest absolute Gasteiger partial charge is 0.335 e. The zero-order chi connectivity index (χ0) is 10.0. The van der Waals surface area contributed by atoms with E-state index in [1.165, 1.54) is 12.5 Å². The molecule has 0 amide bonds. The highest BCUT2D eigenvalue weighted by atomic mass is 16.6. The van der Waals surface area contributed by atoms with E-state index in [-0.39, 0.29) is 5.97 Å². The second-order valence-corrected chi connectivity index (χ2v) is 3.92. The summed E-state index contributed by atoms with van der Waals surface area (Å²) in [5.74, 6) is 0.514. The maximum Gasteiger partial charge on any atom is 0.335 e. The molecule has 0 atom stereocenters. The Morgan fingerprint density at radius 3 is 2.79 bits per heavy atom. The Morgan fingerprint density at radius 2 is 2.14 bits per heavy atom. The van der Waals surface area contributed by atoms with Gasteiger partial charge in [-0.25, -0.2) is 4.79 Å². The summed E-state index contributed by atoms with van der Waals surface area (Å²) in [6, 6.07) is 0. The lowest BCUT2D eigenvalue weighted by molar-refractivity contribution is -0.150. The predicted octanol–water partition coefficient (Wildman–Crippen LogP) is 2.17. The van der Waals surface area contributed by atoms with Crippen molar-refractivity contribution in [2.45, 2.75) is 44.6 Å². The van der Waals surface area contributed by atoms with Crippen LogP contribution >= 0.6 is 0 Å². The number of hydrogen-bond donors (Lipinski definition) is 0. The van der Waals surface area contributed by atoms with Crippen LogP contribution in [0.3, 0.4) is 0 Å². The molecule has 0 N–H and O–H groups in total. The molecule has 1 fully saturated rings. The molecule has 1 saturated carbocycles. The first-order chi connectivity index (χ1) is 6.77. The molecule has 0 radical (unpaired) electrons. The third-order valence-electron chi connectivity index (χ3n) is 2.96. The highest BCUT2D eigenvalue weighted by molar-refractivity contribution is 5.86. The summed E-state index contributed by atoms with van der Waals surface area (Å²) in [4.78, 5) is 11.2. The van der Waals surface area contributed by atoms with Crippen molar-refractivity contribution in [2.24, 2.45) is 0 Å². The third kappa shape index (κ3) is 1.51. The Kier molecular flexibility index (Phi) is 2.48. The van der Waals surface area contributed by atoms with E-state index in [2.05, 4.69) is 0 Å². The second-order valence-electron chi connectivity index (χ2n) is 3.92. The van der Waals surface area contributed by atoms with Gasteiger partial charge >= 0.3 is 5.97 Å². The predicted molar refractivity (Wildman–Crippen MR) is 51.6 cm³/mol. The summed E-state index contributed by atoms with van der Waals surface area (Å²) in [5.41, 5.74) is -0.397. The van der Waals surface area contributed by atoms with Crippen molar-refractivity contribution in [2.75, 3.05) is 6.61 Å². The fourth-order valence-electron chi connectivity index (χ4n) is 2.31. The van der Waals surface area contributed by atoms with Crippen molar-refractivity contribution < 1.29 is 14.3 Å². The van der Waals surface area contributed by atoms with Crippen LogP contribution in [0.2, 0.25) is 0 Å². The minimum atomic E-state index is -0.397. The molecular weight excluding hydrogens is 180 g/mol. The molecule has 0 unspecified atom stereocenters. The average molecular weight is 196 g/mol. The van der Waals surface area contributed by atoms with E-state index in [1.54, 1.807) is 0 Å². The largest absolute Gasteiger partial charge is 0.494 e. The molecule has 0 bridgehead atoms. The molecule has 3 heteroatoms. The van der Waals surface area contributed by atoms with Crippen LogP contribution in [0, 0.1) is 0 Å². The van der Waals surface area contributed by atoms with Crippen LogP contribution in [0.4, 0.5) is 0 Å². The average Bonchev–Trinajstić information content (AvgIpc) is 2.45. The molecule has 3 nitrogen and oxygen atoms in total. The van der Waals surface area contributed by atoms with Crippen LogP contribution in [-0.4, -0.2) is 18.2 Å². The molecule has 14 heavy (non-hydrogen) atoms. The molecule has 1 heterocycles. The topological polar surface area (TPSA) is 35.5 Å². The van der Waals surface area contributed by atoms with Crippen molar-refractivity contribution >= 4 is 5.97 Å². The zero-order valence-corrected chi connectivity index (χ0v) is 8.54. The number of carbonyl (C=O) groups excluding carboxylic acids is 1. The maximum atomic E-state index is 11.2. The summed E-state index contributed by atoms with van der Waals surface area (Å²) in [6.07, 6.45) is 6.83. The summed E-state index contributed by atoms with van der Waals surface area (Å²) in [6.45, 7) is 2.53. The third-order valence-corrected chi connectivity index (χ3v) is 2.96. The summed E-state index contributed by atoms with van der Waals surface area (Å²) >= 11 is 0. The molecule has 78 valence electrons. The van der Waals surface area contributed by atoms with Gasteiger partial charge < -0.3 is 9.47 Å². The normalized spacial score (nSPS) is 24.6. The molecular formula is C11H16O3. The van der Waals surface area contributed by atoms with Gasteiger partial charge in [-0.15, -0.1) is 0 Å². The van der Waals surface area contributed by atoms with Gasteiger partial charge in [0.05, 0.1) is 12.7 Å². The fraction of sp³-hybridized carbons (Fsp3) is 0.727. The first-order valence-electron chi connectivity index (χ1n) is 5.35. The Bertz CT molecular complexity index is 262. The summed E-state index contributed by atoms with van der Waals surface area (Å²) < 4.78 is 10.9. The van der Waals surface area contributed by atoms with E-state index in [0.29, 0.717) is 6.61 Å². The highest BCUT2D eigenvalue weighted by Gasteiger charge is 2.45. The van der Waals surface area contributed by atoms with Gasteiger partial charge in [0.15, 0.2) is 5.60 Å². The van der Waals surface area contributed by atoms with Crippen molar-refractivity contribution in [3.63, 3.8) is 0 Å². The number of hydrogen-bond acceptors (Lipinski definition) is 3. The number of rotatable bonds is 2. The summed E-state index contributed by atoms with van der Waals surface area (Å²) in [5, 5.41) is 0. The molecule has 1 aliphatic heterocycles. The standard InChI is InChI=1S/C11H16O3/c1-2-13-9-8-10(12)14-11(9)6-4-3-5-7-11/h8H,2-7H2,1H3. The quantitative estimate of drug-likeness (QED) is 0.635. The van der Waals surface area contributed by atoms with Gasteiger partial charge in [0, 0.05) is 0 Å². The van der Waals surface area contributed by atoms with Gasteiger partial charge in [0.1, 0.15) is 5.76 Å². The lowest BCUT2D eigenvalue weighted by Gasteiger charge is -2.33. The van der Waals surface area contributed by atoms with Crippen LogP contribution in [-0.2, 0) is 14.3 Å². The van der Waals surface area contributed by atoms with Gasteiger partial charge in [-0.3, -0.25) is 0 Å². The lowest BCUT2D eigenvalue weighted by Crippen LogP contribution is -2.35. The van der Waals surface area contributed by atoms with Gasteiger partial charge in [0.25, 0.3) is 0 Å². The van der Waals surface area contributed by atoms with Crippen molar-refractivity contribution in [3.8, 4) is 0 Å². The van der Waals surface area contributed by atoms with E-state index >= 15 is 0 Å². The molecule has 0 saturated heterocycles.